The number of rotatable bonds is 8. The summed E-state index contributed by atoms with van der Waals surface area (Å²) in [5.74, 6) is 0.190. The van der Waals surface area contributed by atoms with Crippen LogP contribution >= 0.6 is 0 Å². The second kappa shape index (κ2) is 21.8. The number of anilines is 4. The van der Waals surface area contributed by atoms with Crippen molar-refractivity contribution in [2.24, 2.45) is 0 Å². The van der Waals surface area contributed by atoms with Crippen molar-refractivity contribution in [3.05, 3.63) is 111 Å². The molecule has 4 aromatic rings. The highest BCUT2D eigenvalue weighted by molar-refractivity contribution is 6.58. The maximum Gasteiger partial charge on any atom is 0.737 e. The molecular formula is C49H66BF2N9O6. The molecule has 0 atom stereocenters. The summed E-state index contributed by atoms with van der Waals surface area (Å²) in [5.41, 5.74) is 4.48. The minimum absolute atomic E-state index is 0.201. The lowest BCUT2D eigenvalue weighted by molar-refractivity contribution is -0.363. The van der Waals surface area contributed by atoms with Gasteiger partial charge in [0.2, 0.25) is 0 Å². The average Bonchev–Trinajstić information content (AvgIpc) is 3.79. The van der Waals surface area contributed by atoms with Gasteiger partial charge in [-0.25, -0.2) is 0 Å². The number of amides is 1. The second-order valence-electron chi connectivity index (χ2n) is 18.4. The van der Waals surface area contributed by atoms with Crippen LogP contribution < -0.4 is 53.0 Å². The fourth-order valence-electron chi connectivity index (χ4n) is 9.77. The number of nitrogens with zero attached hydrogens (tertiary/aromatic N) is 4. The molecule has 360 valence electrons. The lowest BCUT2D eigenvalue weighted by Gasteiger charge is -2.34. The van der Waals surface area contributed by atoms with E-state index >= 15 is 8.63 Å². The lowest BCUT2D eigenvalue weighted by Crippen LogP contribution is -2.51. The molecule has 0 fully saturated rings. The first-order valence-electron chi connectivity index (χ1n) is 24.0. The Kier molecular flexibility index (Phi) is 16.0. The number of aryl methyl sites for hydroxylation is 2. The summed E-state index contributed by atoms with van der Waals surface area (Å²) in [7, 11) is 2.09. The van der Waals surface area contributed by atoms with Crippen molar-refractivity contribution in [1.82, 2.24) is 19.6 Å². The van der Waals surface area contributed by atoms with E-state index in [1.165, 1.54) is 8.96 Å². The smallest absolute Gasteiger partial charge is 0.484 e. The molecule has 15 nitrogen and oxygen atoms in total. The molecule has 0 bridgehead atoms. The Balaban J connectivity index is 0.917. The zero-order chi connectivity index (χ0) is 47.8. The van der Waals surface area contributed by atoms with Crippen molar-refractivity contribution < 1.29 is 22.6 Å². The lowest BCUT2D eigenvalue weighted by atomic mass is 9.84. The zero-order valence-corrected chi connectivity index (χ0v) is 39.7. The van der Waals surface area contributed by atoms with Gasteiger partial charge in [-0.15, -0.1) is 0 Å². The van der Waals surface area contributed by atoms with Crippen molar-refractivity contribution in [3.8, 4) is 5.75 Å². The third-order valence-corrected chi connectivity index (χ3v) is 13.2. The van der Waals surface area contributed by atoms with Gasteiger partial charge >= 0.3 is 6.97 Å². The number of hydrogen-bond acceptors (Lipinski definition) is 12. The minimum atomic E-state index is -4.08. The Morgan fingerprint density at radius 3 is 1.85 bits per heavy atom. The Morgan fingerprint density at radius 2 is 1.25 bits per heavy atom. The Bertz CT molecular complexity index is 2670. The van der Waals surface area contributed by atoms with Crippen LogP contribution in [0.15, 0.2) is 66.9 Å². The molecule has 1 amide bonds. The van der Waals surface area contributed by atoms with Gasteiger partial charge in [-0.3, -0.25) is 24.0 Å². The van der Waals surface area contributed by atoms with Crippen LogP contribution in [-0.2, 0) is 4.79 Å². The number of halogens is 2. The second-order valence-corrected chi connectivity index (χ2v) is 18.4. The maximum atomic E-state index is 16.1. The van der Waals surface area contributed by atoms with E-state index in [0.717, 1.165) is 73.9 Å². The van der Waals surface area contributed by atoms with E-state index < -0.39 is 28.7 Å². The van der Waals surface area contributed by atoms with E-state index in [9.17, 15) is 24.0 Å². The Labute approximate surface area is 390 Å². The fraction of sp³-hybridized carbons (Fsp3) is 0.510. The van der Waals surface area contributed by atoms with Crippen LogP contribution in [0.5, 0.6) is 5.75 Å². The molecule has 3 aromatic carbocycles. The van der Waals surface area contributed by atoms with Gasteiger partial charge in [0.15, 0.2) is 12.3 Å². The highest BCUT2D eigenvalue weighted by Crippen LogP contribution is 2.44. The van der Waals surface area contributed by atoms with Crippen LogP contribution in [0.2, 0.25) is 0 Å². The first-order valence-corrected chi connectivity index (χ1v) is 24.0. The Hall–Kier alpha value is -5.88. The molecule has 0 saturated heterocycles. The van der Waals surface area contributed by atoms with E-state index in [1.54, 1.807) is 38.1 Å². The van der Waals surface area contributed by atoms with Gasteiger partial charge < -0.3 is 58.7 Å². The van der Waals surface area contributed by atoms with Crippen LogP contribution in [0.4, 0.5) is 31.4 Å². The van der Waals surface area contributed by atoms with Crippen molar-refractivity contribution in [2.45, 2.75) is 85.5 Å². The number of carbonyl (C=O) groups is 1. The van der Waals surface area contributed by atoms with Crippen LogP contribution in [0, 0.1) is 13.8 Å². The van der Waals surface area contributed by atoms with Crippen molar-refractivity contribution >= 4 is 46.9 Å². The van der Waals surface area contributed by atoms with Gasteiger partial charge in [0, 0.05) is 57.0 Å². The maximum absolute atomic E-state index is 16.1. The fourth-order valence-corrected chi connectivity index (χ4v) is 9.77. The molecule has 0 unspecified atom stereocenters. The Morgan fingerprint density at radius 1 is 0.731 bits per heavy atom. The minimum Gasteiger partial charge on any atom is -0.484 e. The van der Waals surface area contributed by atoms with E-state index in [1.807, 2.05) is 26.0 Å². The zero-order valence-electron chi connectivity index (χ0n) is 39.7. The summed E-state index contributed by atoms with van der Waals surface area (Å²) in [4.78, 5) is 67.1. The van der Waals surface area contributed by atoms with E-state index in [4.69, 9.17) is 4.74 Å². The quantitative estimate of drug-likeness (QED) is 0.0911. The van der Waals surface area contributed by atoms with Gasteiger partial charge in [0.25, 0.3) is 27.6 Å². The number of fused-ring (bicyclic) bond motifs is 4. The number of allylic oxidation sites excluding steroid dienone is 2. The topological polar surface area (TPSA) is 169 Å². The average molecular weight is 926 g/mol. The van der Waals surface area contributed by atoms with Gasteiger partial charge in [-0.2, -0.15) is 0 Å². The molecule has 1 aromatic heterocycles. The molecule has 5 N–H and O–H groups in total. The van der Waals surface area contributed by atoms with Crippen molar-refractivity contribution in [2.75, 3.05) is 100 Å². The third kappa shape index (κ3) is 11.0. The van der Waals surface area contributed by atoms with Crippen LogP contribution in [-0.4, -0.2) is 116 Å². The number of benzene rings is 1. The summed E-state index contributed by atoms with van der Waals surface area (Å²) >= 11 is 0. The molecule has 3 aliphatic heterocycles. The van der Waals surface area contributed by atoms with Gasteiger partial charge in [0.05, 0.1) is 5.57 Å². The molecule has 4 heterocycles. The predicted octanol–water partition coefficient (Wildman–Crippen LogP) is 5.03. The molecule has 0 radical (unpaired) electrons. The molecule has 67 heavy (non-hydrogen) atoms. The molecule has 7 rings (SSSR count). The predicted molar refractivity (Wildman–Crippen MR) is 265 cm³/mol. The molecule has 18 heteroatoms. The molecule has 3 aliphatic rings. The highest BCUT2D eigenvalue weighted by Gasteiger charge is 2.55. The number of nitrogens with one attached hydrogen (secondary N) is 5. The van der Waals surface area contributed by atoms with Crippen LogP contribution in [0.1, 0.15) is 94.1 Å². The van der Waals surface area contributed by atoms with E-state index in [0.29, 0.717) is 123 Å². The van der Waals surface area contributed by atoms with E-state index in [-0.39, 0.29) is 12.5 Å². The van der Waals surface area contributed by atoms with Gasteiger partial charge in [-0.1, -0.05) is 31.4 Å². The largest absolute Gasteiger partial charge is 0.737 e. The highest BCUT2D eigenvalue weighted by atomic mass is 19.2. The third-order valence-electron chi connectivity index (χ3n) is 13.2. The molecule has 0 saturated carbocycles. The van der Waals surface area contributed by atoms with E-state index in [2.05, 4.69) is 43.4 Å². The van der Waals surface area contributed by atoms with Gasteiger partial charge in [0.1, 0.15) is 34.2 Å². The van der Waals surface area contributed by atoms with Crippen molar-refractivity contribution in [1.29, 1.82) is 0 Å². The first kappa shape index (κ1) is 49.0. The summed E-state index contributed by atoms with van der Waals surface area (Å²) in [5, 5.41) is 15.7. The summed E-state index contributed by atoms with van der Waals surface area (Å²) in [6, 6.07) is 8.99. The van der Waals surface area contributed by atoms with Crippen molar-refractivity contribution in [3.63, 3.8) is 0 Å². The van der Waals surface area contributed by atoms with Crippen LogP contribution in [0.25, 0.3) is 5.57 Å². The standard InChI is InChI=1S/C49H66BF2N9O6/c1-32-29-34(3)60-44(32)39(45-33(2)30-35(4)61(45)50(60,51)52)36-15-17-37(18-16-36)67-31-38(62)53-20-12-26-59-27-13-22-56-41-40(46(63)47(41)64)54-19-9-7-6-8-10-24-58(5)25-11-21-55-42-43(49(66)48(42)65)57-23-14-28-59/h15-18,29-30,54-57H,6-14,19-28,31H2,1-5H3,(H,53,62). The normalized spacial score (nSPS) is 18.7. The number of carbonyl (C=O) groups excluding carboxylic acids is 1. The van der Waals surface area contributed by atoms with Gasteiger partial charge in [-0.05, 0) is 134 Å². The monoisotopic (exact) mass is 926 g/mol. The number of aromatic nitrogens is 1. The SMILES string of the molecule is CC1=CC(C)=[N+]2C1=C(c1ccc(OCC(=O)NCCCN3CCCNc4c(c(=O)c4=O)NCCCCCCCN(C)CCCNc4c(c(=O)c4=O)NCCC3)cc1)c1c(C)cc(C)n1[B-]2(F)F. The molecular weight excluding hydrogens is 859 g/mol. The summed E-state index contributed by atoms with van der Waals surface area (Å²) in [6.45, 7) is 9.33. The number of ether oxygens (including phenoxy) is 1. The first-order chi connectivity index (χ1) is 32.2. The van der Waals surface area contributed by atoms with Crippen LogP contribution in [0.3, 0.4) is 0 Å². The molecule has 0 spiro atoms. The number of hydrogen-bond donors (Lipinski definition) is 5. The summed E-state index contributed by atoms with van der Waals surface area (Å²) in [6.07, 6.45) is 9.88. The summed E-state index contributed by atoms with van der Waals surface area (Å²) < 4.78 is 40.3. The molecule has 0 aliphatic carbocycles.